The fourth-order valence-electron chi connectivity index (χ4n) is 0.787. The number of carbonyl (C=O) groups excluding carboxylic acids is 1. The Labute approximate surface area is 80.6 Å². The molecule has 2 N–H and O–H groups in total. The van der Waals surface area contributed by atoms with E-state index in [1.165, 1.54) is 0 Å². The summed E-state index contributed by atoms with van der Waals surface area (Å²) in [6, 6.07) is 0. The highest BCUT2D eigenvalue weighted by Gasteiger charge is 2.00. The Kier molecular flexibility index (Phi) is 7.30. The van der Waals surface area contributed by atoms with Crippen molar-refractivity contribution in [3.8, 4) is 0 Å². The van der Waals surface area contributed by atoms with Gasteiger partial charge >= 0.3 is 0 Å². The predicted molar refractivity (Wildman–Crippen MR) is 55.5 cm³/mol. The van der Waals surface area contributed by atoms with Crippen LogP contribution >= 0.6 is 0 Å². The van der Waals surface area contributed by atoms with E-state index in [-0.39, 0.29) is 5.91 Å². The second-order valence-corrected chi connectivity index (χ2v) is 3.45. The zero-order valence-corrected chi connectivity index (χ0v) is 8.60. The molecule has 0 unspecified atom stereocenters. The largest absolute Gasteiger partial charge is 0.355 e. The van der Waals surface area contributed by atoms with Crippen molar-refractivity contribution in [2.24, 2.45) is 5.92 Å². The van der Waals surface area contributed by atoms with Gasteiger partial charge in [0.05, 0.1) is 6.54 Å². The molecule has 3 nitrogen and oxygen atoms in total. The number of nitrogens with one attached hydrogen (secondary N) is 2. The molecule has 76 valence electrons. The third-order valence-electron chi connectivity index (χ3n) is 1.52. The lowest BCUT2D eigenvalue weighted by Crippen LogP contribution is -2.36. The Morgan fingerprint density at radius 2 is 2.23 bits per heavy atom. The molecule has 0 aromatic carbocycles. The molecular weight excluding hydrogens is 164 g/mol. The fraction of sp³-hybridized carbons (Fsp3) is 0.700. The molecule has 0 aromatic heterocycles. The third kappa shape index (κ3) is 9.08. The highest BCUT2D eigenvalue weighted by molar-refractivity contribution is 5.77. The summed E-state index contributed by atoms with van der Waals surface area (Å²) in [5, 5.41) is 5.86. The summed E-state index contributed by atoms with van der Waals surface area (Å²) >= 11 is 0. The van der Waals surface area contributed by atoms with Crippen LogP contribution in [0.2, 0.25) is 0 Å². The molecule has 1 amide bonds. The number of amides is 1. The molecule has 0 aliphatic carbocycles. The smallest absolute Gasteiger partial charge is 0.233 e. The zero-order chi connectivity index (χ0) is 10.1. The number of carbonyl (C=O) groups is 1. The van der Waals surface area contributed by atoms with Crippen LogP contribution in [0.5, 0.6) is 0 Å². The third-order valence-corrected chi connectivity index (χ3v) is 1.52. The lowest BCUT2D eigenvalue weighted by molar-refractivity contribution is -0.120. The van der Waals surface area contributed by atoms with E-state index in [4.69, 9.17) is 0 Å². The van der Waals surface area contributed by atoms with Crippen molar-refractivity contribution < 1.29 is 4.79 Å². The number of hydrogen-bond acceptors (Lipinski definition) is 2. The normalized spacial score (nSPS) is 10.1. The van der Waals surface area contributed by atoms with Crippen LogP contribution in [-0.4, -0.2) is 25.5 Å². The van der Waals surface area contributed by atoms with Gasteiger partial charge < -0.3 is 10.6 Å². The van der Waals surface area contributed by atoms with E-state index in [2.05, 4.69) is 31.1 Å². The first-order chi connectivity index (χ1) is 6.16. The monoisotopic (exact) mass is 184 g/mol. The van der Waals surface area contributed by atoms with Crippen LogP contribution in [0, 0.1) is 5.92 Å². The SMILES string of the molecule is C=CCCNCC(=O)NCC(C)C. The van der Waals surface area contributed by atoms with E-state index < -0.39 is 0 Å². The summed E-state index contributed by atoms with van der Waals surface area (Å²) in [6.07, 6.45) is 2.73. The second kappa shape index (κ2) is 7.80. The Hall–Kier alpha value is -0.830. The summed E-state index contributed by atoms with van der Waals surface area (Å²) in [5.41, 5.74) is 0. The molecule has 13 heavy (non-hydrogen) atoms. The molecule has 0 aliphatic rings. The Bertz CT molecular complexity index is 155. The van der Waals surface area contributed by atoms with Crippen molar-refractivity contribution in [3.05, 3.63) is 12.7 Å². The van der Waals surface area contributed by atoms with Gasteiger partial charge in [0.1, 0.15) is 0 Å². The van der Waals surface area contributed by atoms with Gasteiger partial charge in [0.25, 0.3) is 0 Å². The van der Waals surface area contributed by atoms with E-state index in [0.717, 1.165) is 19.5 Å². The van der Waals surface area contributed by atoms with Crippen LogP contribution in [0.3, 0.4) is 0 Å². The molecular formula is C10H20N2O. The first-order valence-electron chi connectivity index (χ1n) is 4.75. The van der Waals surface area contributed by atoms with Gasteiger partial charge in [-0.05, 0) is 18.9 Å². The van der Waals surface area contributed by atoms with Crippen LogP contribution < -0.4 is 10.6 Å². The predicted octanol–water partition coefficient (Wildman–Crippen LogP) is 0.924. The van der Waals surface area contributed by atoms with Crippen LogP contribution in [0.15, 0.2) is 12.7 Å². The number of rotatable bonds is 7. The van der Waals surface area contributed by atoms with Gasteiger partial charge in [-0.15, -0.1) is 6.58 Å². The van der Waals surface area contributed by atoms with Gasteiger partial charge in [0.15, 0.2) is 0 Å². The minimum Gasteiger partial charge on any atom is -0.355 e. The minimum atomic E-state index is 0.0674. The average molecular weight is 184 g/mol. The summed E-state index contributed by atoms with van der Waals surface area (Å²) in [5.74, 6) is 0.579. The molecule has 0 radical (unpaired) electrons. The minimum absolute atomic E-state index is 0.0674. The van der Waals surface area contributed by atoms with Crippen molar-refractivity contribution in [3.63, 3.8) is 0 Å². The summed E-state index contributed by atoms with van der Waals surface area (Å²) < 4.78 is 0. The van der Waals surface area contributed by atoms with Gasteiger partial charge in [-0.25, -0.2) is 0 Å². The van der Waals surface area contributed by atoms with Crippen molar-refractivity contribution in [2.75, 3.05) is 19.6 Å². The van der Waals surface area contributed by atoms with Crippen LogP contribution in [0.4, 0.5) is 0 Å². The average Bonchev–Trinajstić information content (AvgIpc) is 2.09. The van der Waals surface area contributed by atoms with E-state index in [1.54, 1.807) is 0 Å². The number of hydrogen-bond donors (Lipinski definition) is 2. The van der Waals surface area contributed by atoms with E-state index >= 15 is 0 Å². The van der Waals surface area contributed by atoms with Crippen molar-refractivity contribution in [1.82, 2.24) is 10.6 Å². The van der Waals surface area contributed by atoms with E-state index in [9.17, 15) is 4.79 Å². The van der Waals surface area contributed by atoms with Crippen LogP contribution in [-0.2, 0) is 4.79 Å². The van der Waals surface area contributed by atoms with Crippen LogP contribution in [0.25, 0.3) is 0 Å². The first kappa shape index (κ1) is 12.2. The van der Waals surface area contributed by atoms with Crippen molar-refractivity contribution in [2.45, 2.75) is 20.3 Å². The molecule has 0 bridgehead atoms. The van der Waals surface area contributed by atoms with Gasteiger partial charge in [0.2, 0.25) is 5.91 Å². The summed E-state index contributed by atoms with van der Waals surface area (Å²) in [4.78, 5) is 11.1. The van der Waals surface area contributed by atoms with Crippen molar-refractivity contribution in [1.29, 1.82) is 0 Å². The van der Waals surface area contributed by atoms with E-state index in [0.29, 0.717) is 12.5 Å². The second-order valence-electron chi connectivity index (χ2n) is 3.45. The maximum absolute atomic E-state index is 11.1. The summed E-state index contributed by atoms with van der Waals surface area (Å²) in [7, 11) is 0. The molecule has 0 atom stereocenters. The zero-order valence-electron chi connectivity index (χ0n) is 8.60. The molecule has 0 rings (SSSR count). The lowest BCUT2D eigenvalue weighted by Gasteiger charge is -2.07. The highest BCUT2D eigenvalue weighted by Crippen LogP contribution is 1.86. The molecule has 0 aliphatic heterocycles. The molecule has 0 saturated heterocycles. The van der Waals surface area contributed by atoms with Gasteiger partial charge in [-0.2, -0.15) is 0 Å². The quantitative estimate of drug-likeness (QED) is 0.456. The molecule has 0 fully saturated rings. The van der Waals surface area contributed by atoms with E-state index in [1.807, 2.05) is 6.08 Å². The molecule has 0 spiro atoms. The highest BCUT2D eigenvalue weighted by atomic mass is 16.1. The van der Waals surface area contributed by atoms with Gasteiger partial charge in [-0.3, -0.25) is 4.79 Å². The van der Waals surface area contributed by atoms with Crippen molar-refractivity contribution >= 4 is 5.91 Å². The first-order valence-corrected chi connectivity index (χ1v) is 4.75. The maximum Gasteiger partial charge on any atom is 0.233 e. The summed E-state index contributed by atoms with van der Waals surface area (Å²) in [6.45, 7) is 9.72. The van der Waals surface area contributed by atoms with Crippen LogP contribution in [0.1, 0.15) is 20.3 Å². The van der Waals surface area contributed by atoms with Gasteiger partial charge in [-0.1, -0.05) is 19.9 Å². The Balaban J connectivity index is 3.25. The Morgan fingerprint density at radius 1 is 1.54 bits per heavy atom. The molecule has 0 heterocycles. The van der Waals surface area contributed by atoms with Gasteiger partial charge in [0, 0.05) is 6.54 Å². The maximum atomic E-state index is 11.1. The molecule has 0 aromatic rings. The Morgan fingerprint density at radius 3 is 2.77 bits per heavy atom. The lowest BCUT2D eigenvalue weighted by atomic mass is 10.2. The topological polar surface area (TPSA) is 41.1 Å². The molecule has 3 heteroatoms. The fourth-order valence-corrected chi connectivity index (χ4v) is 0.787. The molecule has 0 saturated carbocycles. The standard InChI is InChI=1S/C10H20N2O/c1-4-5-6-11-8-10(13)12-7-9(2)3/h4,9,11H,1,5-8H2,2-3H3,(H,12,13).